The van der Waals surface area contributed by atoms with E-state index in [2.05, 4.69) is 0 Å². The third-order valence-electron chi connectivity index (χ3n) is 2.63. The van der Waals surface area contributed by atoms with E-state index in [0.717, 1.165) is 0 Å². The van der Waals surface area contributed by atoms with Crippen molar-refractivity contribution >= 4 is 19.4 Å². The quantitative estimate of drug-likeness (QED) is 0.809. The van der Waals surface area contributed by atoms with E-state index in [1.165, 1.54) is 24.3 Å². The summed E-state index contributed by atoms with van der Waals surface area (Å²) in [6.07, 6.45) is -0.831. The molecule has 6 nitrogen and oxygen atoms in total. The zero-order valence-electron chi connectivity index (χ0n) is 9.94. The average molecular weight is 309 g/mol. The SMILES string of the molecule is O=P(O)(Oc1ccc(Cl)cc1)OC1CCOC1CO. The molecule has 106 valence electrons. The van der Waals surface area contributed by atoms with Crippen LogP contribution < -0.4 is 4.52 Å². The first-order valence-corrected chi connectivity index (χ1v) is 7.56. The van der Waals surface area contributed by atoms with Crippen LogP contribution in [0, 0.1) is 0 Å². The Bertz CT molecular complexity index is 465. The monoisotopic (exact) mass is 308 g/mol. The van der Waals surface area contributed by atoms with Crippen molar-refractivity contribution in [1.29, 1.82) is 0 Å². The first-order valence-electron chi connectivity index (χ1n) is 5.69. The third-order valence-corrected chi connectivity index (χ3v) is 3.86. The molecule has 0 bridgehead atoms. The van der Waals surface area contributed by atoms with Crippen LogP contribution in [0.1, 0.15) is 6.42 Å². The summed E-state index contributed by atoms with van der Waals surface area (Å²) >= 11 is 5.70. The van der Waals surface area contributed by atoms with E-state index in [9.17, 15) is 9.46 Å². The van der Waals surface area contributed by atoms with Gasteiger partial charge in [-0.25, -0.2) is 4.57 Å². The lowest BCUT2D eigenvalue weighted by molar-refractivity contribution is 0.00436. The summed E-state index contributed by atoms with van der Waals surface area (Å²) in [6.45, 7) is 0.0997. The summed E-state index contributed by atoms with van der Waals surface area (Å²) in [5.41, 5.74) is 0. The number of aliphatic hydroxyl groups is 1. The van der Waals surface area contributed by atoms with Crippen molar-refractivity contribution in [2.75, 3.05) is 13.2 Å². The van der Waals surface area contributed by atoms with Crippen molar-refractivity contribution in [2.45, 2.75) is 18.6 Å². The number of phosphoric acid groups is 1. The van der Waals surface area contributed by atoms with Crippen LogP contribution in [0.5, 0.6) is 5.75 Å². The average Bonchev–Trinajstić information content (AvgIpc) is 2.78. The number of rotatable bonds is 5. The van der Waals surface area contributed by atoms with Crippen molar-refractivity contribution < 1.29 is 28.3 Å². The zero-order valence-corrected chi connectivity index (χ0v) is 11.6. The molecule has 0 saturated carbocycles. The maximum absolute atomic E-state index is 11.8. The van der Waals surface area contributed by atoms with Gasteiger partial charge in [0.05, 0.1) is 6.61 Å². The summed E-state index contributed by atoms with van der Waals surface area (Å²) in [7, 11) is -4.26. The minimum Gasteiger partial charge on any atom is -0.404 e. The van der Waals surface area contributed by atoms with Crippen LogP contribution in [0.25, 0.3) is 0 Å². The molecule has 0 aromatic heterocycles. The molecule has 1 aliphatic heterocycles. The van der Waals surface area contributed by atoms with Gasteiger partial charge in [-0.1, -0.05) is 11.6 Å². The number of hydrogen-bond acceptors (Lipinski definition) is 5. The lowest BCUT2D eigenvalue weighted by Crippen LogP contribution is -2.27. The van der Waals surface area contributed by atoms with Gasteiger partial charge < -0.3 is 14.4 Å². The van der Waals surface area contributed by atoms with Crippen molar-refractivity contribution in [3.63, 3.8) is 0 Å². The fraction of sp³-hybridized carbons (Fsp3) is 0.455. The number of hydrogen-bond donors (Lipinski definition) is 2. The Balaban J connectivity index is 1.98. The minimum atomic E-state index is -4.26. The van der Waals surface area contributed by atoms with Gasteiger partial charge in [-0.3, -0.25) is 9.42 Å². The summed E-state index contributed by atoms with van der Waals surface area (Å²) in [6, 6.07) is 5.99. The summed E-state index contributed by atoms with van der Waals surface area (Å²) in [5, 5.41) is 9.51. The van der Waals surface area contributed by atoms with Gasteiger partial charge in [-0.15, -0.1) is 0 Å². The molecule has 8 heteroatoms. The van der Waals surface area contributed by atoms with Gasteiger partial charge in [0.15, 0.2) is 0 Å². The molecule has 1 aromatic carbocycles. The van der Waals surface area contributed by atoms with Gasteiger partial charge >= 0.3 is 7.82 Å². The van der Waals surface area contributed by atoms with Gasteiger partial charge in [-0.2, -0.15) is 0 Å². The molecule has 0 amide bonds. The normalized spacial score (nSPS) is 26.1. The fourth-order valence-electron chi connectivity index (χ4n) is 1.74. The van der Waals surface area contributed by atoms with Crippen LogP contribution in [-0.4, -0.2) is 35.4 Å². The number of ether oxygens (including phenoxy) is 1. The molecule has 1 aromatic rings. The van der Waals surface area contributed by atoms with Gasteiger partial charge in [0, 0.05) is 18.1 Å². The topological polar surface area (TPSA) is 85.2 Å². The smallest absolute Gasteiger partial charge is 0.404 e. The molecule has 0 aliphatic carbocycles. The Kier molecular flexibility index (Phi) is 4.84. The number of halogens is 1. The number of phosphoric ester groups is 1. The first-order chi connectivity index (χ1) is 9.00. The lowest BCUT2D eigenvalue weighted by atomic mass is 10.2. The van der Waals surface area contributed by atoms with Crippen LogP contribution in [0.2, 0.25) is 5.02 Å². The lowest BCUT2D eigenvalue weighted by Gasteiger charge is -2.20. The minimum absolute atomic E-state index is 0.176. The van der Waals surface area contributed by atoms with E-state index < -0.39 is 20.0 Å². The standard InChI is InChI=1S/C11H14ClO6P/c12-8-1-3-9(4-2-8)17-19(14,15)18-10-5-6-16-11(10)7-13/h1-4,10-11,13H,5-7H2,(H,14,15). The highest BCUT2D eigenvalue weighted by atomic mass is 35.5. The fourth-order valence-corrected chi connectivity index (χ4v) is 2.88. The molecule has 1 saturated heterocycles. The van der Waals surface area contributed by atoms with Gasteiger partial charge in [0.1, 0.15) is 18.0 Å². The van der Waals surface area contributed by atoms with E-state index in [4.69, 9.17) is 30.5 Å². The Morgan fingerprint density at radius 3 is 2.74 bits per heavy atom. The van der Waals surface area contributed by atoms with Crippen LogP contribution in [0.4, 0.5) is 0 Å². The van der Waals surface area contributed by atoms with Gasteiger partial charge in [0.25, 0.3) is 0 Å². The molecule has 3 atom stereocenters. The molecule has 1 aliphatic rings. The van der Waals surface area contributed by atoms with Crippen molar-refractivity contribution in [1.82, 2.24) is 0 Å². The number of aliphatic hydroxyl groups excluding tert-OH is 1. The van der Waals surface area contributed by atoms with Crippen LogP contribution in [-0.2, 0) is 13.8 Å². The molecule has 1 heterocycles. The van der Waals surface area contributed by atoms with E-state index >= 15 is 0 Å². The molecule has 2 N–H and O–H groups in total. The Hall–Kier alpha value is -0.620. The second-order valence-electron chi connectivity index (χ2n) is 4.04. The van der Waals surface area contributed by atoms with E-state index in [-0.39, 0.29) is 12.4 Å². The van der Waals surface area contributed by atoms with Gasteiger partial charge in [-0.05, 0) is 24.3 Å². The molecule has 0 spiro atoms. The molecule has 3 unspecified atom stereocenters. The highest BCUT2D eigenvalue weighted by Gasteiger charge is 2.36. The molecular formula is C11H14ClO6P. The molecule has 19 heavy (non-hydrogen) atoms. The summed E-state index contributed by atoms with van der Waals surface area (Å²) in [4.78, 5) is 9.65. The van der Waals surface area contributed by atoms with E-state index in [0.29, 0.717) is 18.1 Å². The maximum Gasteiger partial charge on any atom is 0.527 e. The second kappa shape index (κ2) is 6.22. The number of benzene rings is 1. The Morgan fingerprint density at radius 1 is 1.42 bits per heavy atom. The van der Waals surface area contributed by atoms with Crippen LogP contribution in [0.3, 0.4) is 0 Å². The van der Waals surface area contributed by atoms with Crippen molar-refractivity contribution in [3.05, 3.63) is 29.3 Å². The molecule has 2 rings (SSSR count). The van der Waals surface area contributed by atoms with E-state index in [1.54, 1.807) is 0 Å². The molecule has 1 fully saturated rings. The maximum atomic E-state index is 11.8. The summed E-state index contributed by atoms with van der Waals surface area (Å²) in [5.74, 6) is 0.176. The first kappa shape index (κ1) is 14.8. The highest BCUT2D eigenvalue weighted by molar-refractivity contribution is 7.47. The Labute approximate surface area is 115 Å². The van der Waals surface area contributed by atoms with Crippen molar-refractivity contribution in [2.24, 2.45) is 0 Å². The summed E-state index contributed by atoms with van der Waals surface area (Å²) < 4.78 is 26.9. The second-order valence-corrected chi connectivity index (χ2v) is 5.81. The third kappa shape index (κ3) is 4.18. The largest absolute Gasteiger partial charge is 0.527 e. The zero-order chi connectivity index (χ0) is 13.9. The van der Waals surface area contributed by atoms with Crippen LogP contribution >= 0.6 is 19.4 Å². The predicted octanol–water partition coefficient (Wildman–Crippen LogP) is 1.99. The molecule has 0 radical (unpaired) electrons. The van der Waals surface area contributed by atoms with Gasteiger partial charge in [0.2, 0.25) is 0 Å². The molecular weight excluding hydrogens is 295 g/mol. The van der Waals surface area contributed by atoms with Crippen LogP contribution in [0.15, 0.2) is 24.3 Å². The highest BCUT2D eigenvalue weighted by Crippen LogP contribution is 2.46. The van der Waals surface area contributed by atoms with E-state index in [1.807, 2.05) is 0 Å². The Morgan fingerprint density at radius 2 is 2.11 bits per heavy atom. The van der Waals surface area contributed by atoms with Crippen molar-refractivity contribution in [3.8, 4) is 5.75 Å². The predicted molar refractivity (Wildman–Crippen MR) is 68.2 cm³/mol.